The van der Waals surface area contributed by atoms with Crippen molar-refractivity contribution in [1.29, 1.82) is 0 Å². The fourth-order valence-corrected chi connectivity index (χ4v) is 3.57. The maximum absolute atomic E-state index is 13.0. The Balaban J connectivity index is 1.41. The number of rotatable bonds is 7. The summed E-state index contributed by atoms with van der Waals surface area (Å²) in [6.45, 7) is 6.40. The lowest BCUT2D eigenvalue weighted by Crippen LogP contribution is -2.27. The maximum atomic E-state index is 13.0. The summed E-state index contributed by atoms with van der Waals surface area (Å²) < 4.78 is 7.00. The molecule has 2 aromatic carbocycles. The van der Waals surface area contributed by atoms with Crippen molar-refractivity contribution in [1.82, 2.24) is 15.1 Å². The van der Waals surface area contributed by atoms with E-state index >= 15 is 0 Å². The first-order chi connectivity index (χ1) is 16.4. The van der Waals surface area contributed by atoms with Crippen LogP contribution in [-0.2, 0) is 6.54 Å². The van der Waals surface area contributed by atoms with Crippen molar-refractivity contribution < 1.29 is 14.0 Å². The molecule has 8 heteroatoms. The van der Waals surface area contributed by atoms with Crippen LogP contribution in [0.1, 0.15) is 47.1 Å². The van der Waals surface area contributed by atoms with E-state index < -0.39 is 0 Å². The lowest BCUT2D eigenvalue weighted by Gasteiger charge is -2.13. The summed E-state index contributed by atoms with van der Waals surface area (Å²) >= 11 is 0. The highest BCUT2D eigenvalue weighted by atomic mass is 16.3. The Morgan fingerprint density at radius 1 is 0.971 bits per heavy atom. The highest BCUT2D eigenvalue weighted by Crippen LogP contribution is 2.24. The van der Waals surface area contributed by atoms with E-state index in [0.29, 0.717) is 29.2 Å². The third-order valence-electron chi connectivity index (χ3n) is 5.28. The first-order valence-electron chi connectivity index (χ1n) is 11.0. The number of hydrogen-bond acceptors (Lipinski definition) is 4. The summed E-state index contributed by atoms with van der Waals surface area (Å²) in [6, 6.07) is 18.1. The lowest BCUT2D eigenvalue weighted by molar-refractivity contribution is 0.102. The number of hydrogen-bond donors (Lipinski definition) is 3. The smallest absolute Gasteiger partial charge is 0.319 e. The Morgan fingerprint density at radius 2 is 1.65 bits per heavy atom. The molecule has 4 rings (SSSR count). The maximum Gasteiger partial charge on any atom is 0.319 e. The number of furan rings is 1. The molecule has 34 heavy (non-hydrogen) atoms. The average Bonchev–Trinajstić information content (AvgIpc) is 3.50. The van der Waals surface area contributed by atoms with Crippen LogP contribution >= 0.6 is 0 Å². The molecule has 0 fully saturated rings. The van der Waals surface area contributed by atoms with Gasteiger partial charge in [-0.05, 0) is 61.4 Å². The Morgan fingerprint density at radius 3 is 2.26 bits per heavy atom. The Labute approximate surface area is 198 Å². The molecule has 174 valence electrons. The molecule has 8 nitrogen and oxygen atoms in total. The van der Waals surface area contributed by atoms with E-state index in [-0.39, 0.29) is 17.9 Å². The minimum Gasteiger partial charge on any atom is -0.467 e. The minimum atomic E-state index is -0.349. The number of benzene rings is 2. The Bertz CT molecular complexity index is 1260. The lowest BCUT2D eigenvalue weighted by atomic mass is 10.0. The quantitative estimate of drug-likeness (QED) is 0.342. The van der Waals surface area contributed by atoms with Crippen molar-refractivity contribution in [3.05, 3.63) is 95.7 Å². The molecule has 3 amide bonds. The van der Waals surface area contributed by atoms with Gasteiger partial charge in [0.05, 0.1) is 35.9 Å². The number of nitrogens with one attached hydrogen (secondary N) is 3. The van der Waals surface area contributed by atoms with E-state index in [4.69, 9.17) is 4.42 Å². The largest absolute Gasteiger partial charge is 0.467 e. The van der Waals surface area contributed by atoms with Gasteiger partial charge >= 0.3 is 6.03 Å². The first-order valence-corrected chi connectivity index (χ1v) is 11.0. The fourth-order valence-electron chi connectivity index (χ4n) is 3.57. The number of urea groups is 1. The van der Waals surface area contributed by atoms with Gasteiger partial charge in [-0.2, -0.15) is 5.10 Å². The number of aryl methyl sites for hydroxylation is 1. The number of carbonyl (C=O) groups excluding carboxylic acids is 2. The molecule has 0 aliphatic rings. The summed E-state index contributed by atoms with van der Waals surface area (Å²) in [5.74, 6) is 0.523. The van der Waals surface area contributed by atoms with Gasteiger partial charge in [0.15, 0.2) is 0 Å². The molecule has 0 saturated carbocycles. The summed E-state index contributed by atoms with van der Waals surface area (Å²) in [7, 11) is 0. The summed E-state index contributed by atoms with van der Waals surface area (Å²) in [5.41, 5.74) is 4.65. The Hall–Kier alpha value is -4.33. The van der Waals surface area contributed by atoms with Crippen molar-refractivity contribution in [2.24, 2.45) is 0 Å². The topological polar surface area (TPSA) is 101 Å². The second kappa shape index (κ2) is 10.1. The zero-order valence-electron chi connectivity index (χ0n) is 19.3. The predicted molar refractivity (Wildman–Crippen MR) is 131 cm³/mol. The van der Waals surface area contributed by atoms with Gasteiger partial charge in [0, 0.05) is 11.4 Å². The number of amides is 3. The third-order valence-corrected chi connectivity index (χ3v) is 5.28. The average molecular weight is 458 g/mol. The standard InChI is InChI=1S/C26H27N5O3/c1-17(2)24-23(16-28-31(24)21-12-6-18(3)7-13-21)25(32)29-19-8-10-20(11-9-19)30-26(33)27-15-22-5-4-14-34-22/h4-14,16-17H,15H2,1-3H3,(H,29,32)(H2,27,30,33). The molecule has 3 N–H and O–H groups in total. The van der Waals surface area contributed by atoms with Gasteiger partial charge < -0.3 is 20.4 Å². The fraction of sp³-hybridized carbons (Fsp3) is 0.192. The molecule has 0 atom stereocenters. The molecule has 2 aromatic heterocycles. The number of carbonyl (C=O) groups is 2. The van der Waals surface area contributed by atoms with E-state index in [9.17, 15) is 9.59 Å². The summed E-state index contributed by atoms with van der Waals surface area (Å²) in [5, 5.41) is 12.9. The van der Waals surface area contributed by atoms with Crippen molar-refractivity contribution in [3.63, 3.8) is 0 Å². The molecule has 0 saturated heterocycles. The van der Waals surface area contributed by atoms with Gasteiger partial charge in [-0.15, -0.1) is 0 Å². The summed E-state index contributed by atoms with van der Waals surface area (Å²) in [4.78, 5) is 25.1. The zero-order valence-corrected chi connectivity index (χ0v) is 19.3. The van der Waals surface area contributed by atoms with Crippen LogP contribution in [0.5, 0.6) is 0 Å². The van der Waals surface area contributed by atoms with Crippen molar-refractivity contribution in [3.8, 4) is 5.69 Å². The van der Waals surface area contributed by atoms with Gasteiger partial charge in [-0.25, -0.2) is 9.48 Å². The molecule has 4 aromatic rings. The van der Waals surface area contributed by atoms with Gasteiger partial charge in [-0.3, -0.25) is 4.79 Å². The minimum absolute atomic E-state index is 0.0934. The van der Waals surface area contributed by atoms with Crippen LogP contribution in [0.15, 0.2) is 77.5 Å². The van der Waals surface area contributed by atoms with E-state index in [2.05, 4.69) is 21.0 Å². The predicted octanol–water partition coefficient (Wildman–Crippen LogP) is 5.47. The van der Waals surface area contributed by atoms with Crippen molar-refractivity contribution in [2.45, 2.75) is 33.2 Å². The molecular formula is C26H27N5O3. The van der Waals surface area contributed by atoms with Gasteiger partial charge in [0.2, 0.25) is 0 Å². The number of aromatic nitrogens is 2. The van der Waals surface area contributed by atoms with E-state index in [1.807, 2.05) is 49.7 Å². The molecule has 0 aliphatic heterocycles. The monoisotopic (exact) mass is 457 g/mol. The van der Waals surface area contributed by atoms with Crippen LogP contribution in [0.3, 0.4) is 0 Å². The van der Waals surface area contributed by atoms with Gasteiger partial charge in [-0.1, -0.05) is 31.5 Å². The normalized spacial score (nSPS) is 10.8. The van der Waals surface area contributed by atoms with Crippen LogP contribution in [0, 0.1) is 6.92 Å². The van der Waals surface area contributed by atoms with E-state index in [1.165, 1.54) is 0 Å². The molecule has 0 bridgehead atoms. The van der Waals surface area contributed by atoms with Crippen LogP contribution in [-0.4, -0.2) is 21.7 Å². The number of nitrogens with zero attached hydrogens (tertiary/aromatic N) is 2. The zero-order chi connectivity index (χ0) is 24.1. The van der Waals surface area contributed by atoms with Crippen molar-refractivity contribution >= 4 is 23.3 Å². The van der Waals surface area contributed by atoms with E-state index in [1.54, 1.807) is 48.9 Å². The summed E-state index contributed by atoms with van der Waals surface area (Å²) in [6.07, 6.45) is 3.16. The molecular weight excluding hydrogens is 430 g/mol. The van der Waals surface area contributed by atoms with Crippen LogP contribution < -0.4 is 16.0 Å². The van der Waals surface area contributed by atoms with Crippen molar-refractivity contribution in [2.75, 3.05) is 10.6 Å². The molecule has 0 radical (unpaired) electrons. The molecule has 0 spiro atoms. The van der Waals surface area contributed by atoms with Crippen LogP contribution in [0.2, 0.25) is 0 Å². The molecule has 0 unspecified atom stereocenters. The third kappa shape index (κ3) is 5.35. The molecule has 2 heterocycles. The highest BCUT2D eigenvalue weighted by Gasteiger charge is 2.21. The SMILES string of the molecule is Cc1ccc(-n2ncc(C(=O)Nc3ccc(NC(=O)NCc4ccco4)cc3)c2C(C)C)cc1. The Kier molecular flexibility index (Phi) is 6.77. The van der Waals surface area contributed by atoms with E-state index in [0.717, 1.165) is 16.9 Å². The second-order valence-electron chi connectivity index (χ2n) is 8.26. The van der Waals surface area contributed by atoms with Gasteiger partial charge in [0.25, 0.3) is 5.91 Å². The highest BCUT2D eigenvalue weighted by molar-refractivity contribution is 6.05. The molecule has 0 aliphatic carbocycles. The van der Waals surface area contributed by atoms with Crippen LogP contribution in [0.25, 0.3) is 5.69 Å². The second-order valence-corrected chi connectivity index (χ2v) is 8.26. The number of anilines is 2. The van der Waals surface area contributed by atoms with Crippen LogP contribution in [0.4, 0.5) is 16.2 Å². The first kappa shape index (κ1) is 22.8. The van der Waals surface area contributed by atoms with Gasteiger partial charge in [0.1, 0.15) is 5.76 Å².